The van der Waals surface area contributed by atoms with Crippen LogP contribution in [0.3, 0.4) is 0 Å². The summed E-state index contributed by atoms with van der Waals surface area (Å²) in [6, 6.07) is -0.173. The quantitative estimate of drug-likeness (QED) is 0.732. The Morgan fingerprint density at radius 3 is 1.77 bits per heavy atom. The zero-order valence-electron chi connectivity index (χ0n) is 9.46. The number of carbonyl (C=O) groups is 1. The van der Waals surface area contributed by atoms with Gasteiger partial charge in [-0.2, -0.15) is 0 Å². The number of carboxylic acids is 1. The molecule has 0 aliphatic rings. The van der Waals surface area contributed by atoms with E-state index in [4.69, 9.17) is 5.11 Å². The summed E-state index contributed by atoms with van der Waals surface area (Å²) in [6.45, 7) is 9.85. The molecule has 0 aromatic heterocycles. The minimum Gasteiger partial charge on any atom is -0.480 e. The van der Waals surface area contributed by atoms with Crippen molar-refractivity contribution in [2.75, 3.05) is 7.05 Å². The Hall–Kier alpha value is -0.570. The molecular formula is C10H21NO2. The first-order chi connectivity index (χ1) is 5.68. The van der Waals surface area contributed by atoms with Crippen molar-refractivity contribution in [2.24, 2.45) is 5.41 Å². The second-order valence-corrected chi connectivity index (χ2v) is 4.87. The van der Waals surface area contributed by atoms with Gasteiger partial charge in [-0.1, -0.05) is 20.8 Å². The number of rotatable bonds is 3. The van der Waals surface area contributed by atoms with Crippen molar-refractivity contribution in [3.63, 3.8) is 0 Å². The average molecular weight is 187 g/mol. The van der Waals surface area contributed by atoms with Gasteiger partial charge in [-0.15, -0.1) is 0 Å². The van der Waals surface area contributed by atoms with Crippen LogP contribution in [-0.2, 0) is 4.79 Å². The number of aliphatic carboxylic acids is 1. The van der Waals surface area contributed by atoms with E-state index in [1.54, 1.807) is 0 Å². The monoisotopic (exact) mass is 187 g/mol. The van der Waals surface area contributed by atoms with Gasteiger partial charge in [0, 0.05) is 6.04 Å². The molecule has 0 radical (unpaired) electrons. The van der Waals surface area contributed by atoms with Crippen LogP contribution in [0.2, 0.25) is 0 Å². The Morgan fingerprint density at radius 1 is 1.31 bits per heavy atom. The Labute approximate surface area is 80.7 Å². The molecule has 13 heavy (non-hydrogen) atoms. The van der Waals surface area contributed by atoms with Crippen LogP contribution in [0, 0.1) is 5.41 Å². The van der Waals surface area contributed by atoms with Crippen LogP contribution in [0.15, 0.2) is 0 Å². The van der Waals surface area contributed by atoms with Crippen LogP contribution in [0.25, 0.3) is 0 Å². The lowest BCUT2D eigenvalue weighted by Crippen LogP contribution is -2.50. The predicted octanol–water partition coefficient (Wildman–Crippen LogP) is 1.83. The van der Waals surface area contributed by atoms with Gasteiger partial charge in [0.2, 0.25) is 0 Å². The number of likely N-dealkylation sites (N-methyl/N-ethyl adjacent to an activating group) is 1. The predicted molar refractivity (Wildman–Crippen MR) is 53.8 cm³/mol. The van der Waals surface area contributed by atoms with Crippen LogP contribution >= 0.6 is 0 Å². The summed E-state index contributed by atoms with van der Waals surface area (Å²) in [5.41, 5.74) is -0.231. The van der Waals surface area contributed by atoms with E-state index in [1.807, 2.05) is 46.6 Å². The van der Waals surface area contributed by atoms with Crippen molar-refractivity contribution in [1.82, 2.24) is 4.90 Å². The van der Waals surface area contributed by atoms with Crippen molar-refractivity contribution < 1.29 is 9.90 Å². The van der Waals surface area contributed by atoms with Crippen molar-refractivity contribution in [2.45, 2.75) is 46.7 Å². The van der Waals surface area contributed by atoms with Gasteiger partial charge in [0.15, 0.2) is 0 Å². The fourth-order valence-corrected chi connectivity index (χ4v) is 1.45. The summed E-state index contributed by atoms with van der Waals surface area (Å²) in [5.74, 6) is -0.747. The largest absolute Gasteiger partial charge is 0.480 e. The molecule has 0 bridgehead atoms. The first-order valence-corrected chi connectivity index (χ1v) is 4.62. The topological polar surface area (TPSA) is 40.5 Å². The maximum absolute atomic E-state index is 11.1. The lowest BCUT2D eigenvalue weighted by atomic mass is 9.85. The lowest BCUT2D eigenvalue weighted by Gasteiger charge is -2.37. The number of hydrogen-bond donors (Lipinski definition) is 1. The molecule has 0 aliphatic carbocycles. The molecule has 78 valence electrons. The van der Waals surface area contributed by atoms with Crippen molar-refractivity contribution in [3.05, 3.63) is 0 Å². The number of hydrogen-bond acceptors (Lipinski definition) is 2. The van der Waals surface area contributed by atoms with E-state index < -0.39 is 12.0 Å². The van der Waals surface area contributed by atoms with Crippen LogP contribution < -0.4 is 0 Å². The smallest absolute Gasteiger partial charge is 0.321 e. The molecule has 0 aromatic rings. The molecule has 1 N–H and O–H groups in total. The Bertz CT molecular complexity index is 182. The van der Waals surface area contributed by atoms with E-state index in [9.17, 15) is 4.79 Å². The van der Waals surface area contributed by atoms with E-state index >= 15 is 0 Å². The molecule has 0 saturated carbocycles. The lowest BCUT2D eigenvalue weighted by molar-refractivity contribution is -0.147. The fraction of sp³-hybridized carbons (Fsp3) is 0.900. The highest BCUT2D eigenvalue weighted by molar-refractivity contribution is 5.74. The molecule has 3 nitrogen and oxygen atoms in total. The Morgan fingerprint density at radius 2 is 1.69 bits per heavy atom. The summed E-state index contributed by atoms with van der Waals surface area (Å²) >= 11 is 0. The van der Waals surface area contributed by atoms with Gasteiger partial charge in [0.25, 0.3) is 0 Å². The molecule has 0 saturated heterocycles. The summed E-state index contributed by atoms with van der Waals surface area (Å²) in [5, 5.41) is 9.09. The van der Waals surface area contributed by atoms with Crippen LogP contribution in [0.5, 0.6) is 0 Å². The summed E-state index contributed by atoms with van der Waals surface area (Å²) < 4.78 is 0. The second kappa shape index (κ2) is 4.09. The van der Waals surface area contributed by atoms with Gasteiger partial charge < -0.3 is 5.11 Å². The van der Waals surface area contributed by atoms with E-state index in [2.05, 4.69) is 0 Å². The highest BCUT2D eigenvalue weighted by Gasteiger charge is 2.35. The van der Waals surface area contributed by atoms with Crippen LogP contribution in [0.4, 0.5) is 0 Å². The standard InChI is InChI=1S/C10H21NO2/c1-7(2)11(6)8(9(12)13)10(3,4)5/h7-8H,1-6H3,(H,12,13)/t8-/m1/s1. The molecule has 3 heteroatoms. The first-order valence-electron chi connectivity index (χ1n) is 4.62. The molecule has 0 rings (SSSR count). The van der Waals surface area contributed by atoms with Gasteiger partial charge >= 0.3 is 5.97 Å². The number of carboxylic acid groups (broad SMARTS) is 1. The van der Waals surface area contributed by atoms with Gasteiger partial charge in [0.05, 0.1) is 0 Å². The summed E-state index contributed by atoms with van der Waals surface area (Å²) in [7, 11) is 1.86. The minimum absolute atomic E-state index is 0.231. The van der Waals surface area contributed by atoms with E-state index in [-0.39, 0.29) is 11.5 Å². The van der Waals surface area contributed by atoms with Gasteiger partial charge in [-0.25, -0.2) is 0 Å². The fourth-order valence-electron chi connectivity index (χ4n) is 1.45. The molecular weight excluding hydrogens is 166 g/mol. The Kier molecular flexibility index (Phi) is 3.91. The molecule has 0 spiro atoms. The molecule has 0 amide bonds. The van der Waals surface area contributed by atoms with Gasteiger partial charge in [-0.05, 0) is 26.3 Å². The van der Waals surface area contributed by atoms with Crippen molar-refractivity contribution >= 4 is 5.97 Å². The van der Waals surface area contributed by atoms with Crippen molar-refractivity contribution in [3.8, 4) is 0 Å². The van der Waals surface area contributed by atoms with Crippen LogP contribution in [-0.4, -0.2) is 35.1 Å². The summed E-state index contributed by atoms with van der Waals surface area (Å²) in [4.78, 5) is 12.9. The first kappa shape index (κ1) is 12.4. The molecule has 0 aliphatic heterocycles. The van der Waals surface area contributed by atoms with E-state index in [1.165, 1.54) is 0 Å². The van der Waals surface area contributed by atoms with E-state index in [0.29, 0.717) is 0 Å². The molecule has 0 unspecified atom stereocenters. The third kappa shape index (κ3) is 3.35. The number of nitrogens with zero attached hydrogens (tertiary/aromatic N) is 1. The summed E-state index contributed by atoms with van der Waals surface area (Å²) in [6.07, 6.45) is 0. The van der Waals surface area contributed by atoms with Gasteiger partial charge in [-0.3, -0.25) is 9.69 Å². The maximum atomic E-state index is 11.1. The normalized spacial score (nSPS) is 15.1. The minimum atomic E-state index is -0.747. The highest BCUT2D eigenvalue weighted by atomic mass is 16.4. The van der Waals surface area contributed by atoms with Crippen LogP contribution in [0.1, 0.15) is 34.6 Å². The highest BCUT2D eigenvalue weighted by Crippen LogP contribution is 2.24. The SMILES string of the molecule is CC(C)N(C)[C@H](C(=O)O)C(C)(C)C. The third-order valence-corrected chi connectivity index (χ3v) is 2.28. The molecule has 0 fully saturated rings. The third-order valence-electron chi connectivity index (χ3n) is 2.28. The van der Waals surface area contributed by atoms with Gasteiger partial charge in [0.1, 0.15) is 6.04 Å². The Balaban J connectivity index is 4.72. The average Bonchev–Trinajstić information content (AvgIpc) is 1.82. The maximum Gasteiger partial charge on any atom is 0.321 e. The molecule has 0 heterocycles. The van der Waals surface area contributed by atoms with E-state index in [0.717, 1.165) is 0 Å². The second-order valence-electron chi connectivity index (χ2n) is 4.87. The molecule has 1 atom stereocenters. The molecule has 0 aromatic carbocycles. The zero-order chi connectivity index (χ0) is 10.8. The van der Waals surface area contributed by atoms with Crippen molar-refractivity contribution in [1.29, 1.82) is 0 Å². The zero-order valence-corrected chi connectivity index (χ0v) is 9.46.